The summed E-state index contributed by atoms with van der Waals surface area (Å²) in [5, 5.41) is 14.3. The molecule has 2 aromatic heterocycles. The molecule has 2 aliphatic rings. The maximum absolute atomic E-state index is 13.9. The second-order valence-electron chi connectivity index (χ2n) is 9.75. The third kappa shape index (κ3) is 5.08. The number of nitrogens with zero attached hydrogens (tertiary/aromatic N) is 6. The van der Waals surface area contributed by atoms with Gasteiger partial charge in [-0.25, -0.2) is 14.6 Å². The average molecular weight is 593 g/mol. The fraction of sp³-hybridized carbons (Fsp3) is 0.462. The van der Waals surface area contributed by atoms with Gasteiger partial charge in [0, 0.05) is 47.6 Å². The zero-order valence-electron chi connectivity index (χ0n) is 20.8. The van der Waals surface area contributed by atoms with E-state index in [-0.39, 0.29) is 28.7 Å². The summed E-state index contributed by atoms with van der Waals surface area (Å²) in [5.74, 6) is -0.223. The zero-order chi connectivity index (χ0) is 27.0. The van der Waals surface area contributed by atoms with Gasteiger partial charge in [-0.05, 0) is 57.4 Å². The number of amides is 1. The first-order valence-corrected chi connectivity index (χ1v) is 13.4. The molecular formula is C26H28BrF3N6O2. The average Bonchev–Trinajstić information content (AvgIpc) is 3.53. The number of rotatable bonds is 5. The lowest BCUT2D eigenvalue weighted by atomic mass is 10.00. The van der Waals surface area contributed by atoms with Gasteiger partial charge in [0.15, 0.2) is 0 Å². The monoisotopic (exact) mass is 592 g/mol. The van der Waals surface area contributed by atoms with Gasteiger partial charge in [-0.2, -0.15) is 18.3 Å². The lowest BCUT2D eigenvalue weighted by molar-refractivity contribution is -0.138. The molecular weight excluding hydrogens is 565 g/mol. The van der Waals surface area contributed by atoms with Crippen LogP contribution in [-0.2, 0) is 6.18 Å². The molecule has 4 heterocycles. The van der Waals surface area contributed by atoms with E-state index in [1.54, 1.807) is 11.8 Å². The number of aliphatic hydroxyl groups is 1. The van der Waals surface area contributed by atoms with Gasteiger partial charge in [-0.1, -0.05) is 15.9 Å². The minimum Gasteiger partial charge on any atom is -0.395 e. The van der Waals surface area contributed by atoms with Crippen molar-refractivity contribution in [1.29, 1.82) is 0 Å². The molecule has 1 amide bonds. The lowest BCUT2D eigenvalue weighted by Crippen LogP contribution is -2.49. The van der Waals surface area contributed by atoms with E-state index in [2.05, 4.69) is 35.9 Å². The van der Waals surface area contributed by atoms with E-state index in [0.717, 1.165) is 38.3 Å². The summed E-state index contributed by atoms with van der Waals surface area (Å²) in [7, 11) is 0. The molecule has 0 bridgehead atoms. The number of likely N-dealkylation sites (tertiary alicyclic amines) is 2. The van der Waals surface area contributed by atoms with Crippen LogP contribution in [0.4, 0.5) is 13.2 Å². The molecule has 0 radical (unpaired) electrons. The van der Waals surface area contributed by atoms with Gasteiger partial charge in [-0.15, -0.1) is 0 Å². The topological polar surface area (TPSA) is 87.4 Å². The van der Waals surface area contributed by atoms with Crippen molar-refractivity contribution in [3.05, 3.63) is 58.2 Å². The van der Waals surface area contributed by atoms with Gasteiger partial charge in [0.1, 0.15) is 12.0 Å². The SMILES string of the molecule is Cc1c(C(=O)N2CCC(N3CCCC3CO)CC2)c(-c2cncnc2)nn1-c1ccc(Br)c(C(F)(F)F)c1. The fourth-order valence-corrected chi connectivity index (χ4v) is 6.06. The van der Waals surface area contributed by atoms with Crippen LogP contribution < -0.4 is 0 Å². The molecule has 8 nitrogen and oxygen atoms in total. The molecule has 2 fully saturated rings. The summed E-state index contributed by atoms with van der Waals surface area (Å²) >= 11 is 2.98. The van der Waals surface area contributed by atoms with Crippen molar-refractivity contribution in [2.45, 2.75) is 50.9 Å². The molecule has 3 aromatic rings. The molecule has 202 valence electrons. The van der Waals surface area contributed by atoms with Crippen molar-refractivity contribution in [2.75, 3.05) is 26.2 Å². The molecule has 0 saturated carbocycles. The summed E-state index contributed by atoms with van der Waals surface area (Å²) in [6.07, 6.45) is 3.52. The Balaban J connectivity index is 1.48. The highest BCUT2D eigenvalue weighted by Gasteiger charge is 2.36. The first-order chi connectivity index (χ1) is 18.2. The van der Waals surface area contributed by atoms with E-state index in [4.69, 9.17) is 0 Å². The number of aromatic nitrogens is 4. The van der Waals surface area contributed by atoms with Crippen LogP contribution in [0.25, 0.3) is 16.9 Å². The minimum absolute atomic E-state index is 0.0733. The number of carbonyl (C=O) groups is 1. The Labute approximate surface area is 226 Å². The number of piperidine rings is 1. The van der Waals surface area contributed by atoms with Crippen LogP contribution in [0.15, 0.2) is 41.4 Å². The predicted molar refractivity (Wildman–Crippen MR) is 138 cm³/mol. The van der Waals surface area contributed by atoms with E-state index in [1.807, 2.05) is 0 Å². The van der Waals surface area contributed by atoms with Crippen LogP contribution in [0.2, 0.25) is 0 Å². The van der Waals surface area contributed by atoms with Crippen molar-refractivity contribution in [1.82, 2.24) is 29.5 Å². The highest BCUT2D eigenvalue weighted by molar-refractivity contribution is 9.10. The number of carbonyl (C=O) groups excluding carboxylic acids is 1. The van der Waals surface area contributed by atoms with Gasteiger partial charge in [0.05, 0.1) is 29.1 Å². The first kappa shape index (κ1) is 26.8. The highest BCUT2D eigenvalue weighted by Crippen LogP contribution is 2.37. The summed E-state index contributed by atoms with van der Waals surface area (Å²) in [4.78, 5) is 26.1. The number of benzene rings is 1. The Hall–Kier alpha value is -2.83. The number of halogens is 4. The minimum atomic E-state index is -4.56. The summed E-state index contributed by atoms with van der Waals surface area (Å²) in [6.45, 7) is 3.88. The lowest BCUT2D eigenvalue weighted by Gasteiger charge is -2.39. The maximum atomic E-state index is 13.9. The van der Waals surface area contributed by atoms with Crippen LogP contribution in [0, 0.1) is 6.92 Å². The van der Waals surface area contributed by atoms with E-state index in [0.29, 0.717) is 41.6 Å². The van der Waals surface area contributed by atoms with Crippen LogP contribution >= 0.6 is 15.9 Å². The van der Waals surface area contributed by atoms with Crippen LogP contribution in [0.1, 0.15) is 47.3 Å². The van der Waals surface area contributed by atoms with E-state index >= 15 is 0 Å². The van der Waals surface area contributed by atoms with E-state index < -0.39 is 11.7 Å². The Morgan fingerprint density at radius 1 is 1.13 bits per heavy atom. The van der Waals surface area contributed by atoms with E-state index in [1.165, 1.54) is 35.5 Å². The maximum Gasteiger partial charge on any atom is 0.417 e. The molecule has 1 unspecified atom stereocenters. The Morgan fingerprint density at radius 3 is 2.50 bits per heavy atom. The number of hydrogen-bond acceptors (Lipinski definition) is 6. The molecule has 0 aliphatic carbocycles. The Bertz CT molecular complexity index is 1310. The normalized spacial score (nSPS) is 19.3. The molecule has 12 heteroatoms. The standard InChI is InChI=1S/C26H28BrF3N6O2/c1-16-23(25(38)34-9-6-18(7-10-34)35-8-2-3-20(35)14-37)24(17-12-31-15-32-13-17)33-36(16)19-4-5-22(27)21(11-19)26(28,29)30/h4-5,11-13,15,18,20,37H,2-3,6-10,14H2,1H3. The van der Waals surface area contributed by atoms with Gasteiger partial charge in [0.25, 0.3) is 5.91 Å². The molecule has 2 saturated heterocycles. The third-order valence-corrected chi connectivity index (χ3v) is 8.21. The molecule has 2 aliphatic heterocycles. The van der Waals surface area contributed by atoms with Crippen molar-refractivity contribution in [3.63, 3.8) is 0 Å². The summed E-state index contributed by atoms with van der Waals surface area (Å²) < 4.78 is 42.1. The second-order valence-corrected chi connectivity index (χ2v) is 10.6. The molecule has 38 heavy (non-hydrogen) atoms. The van der Waals surface area contributed by atoms with Crippen LogP contribution in [0.5, 0.6) is 0 Å². The van der Waals surface area contributed by atoms with Crippen molar-refractivity contribution in [2.24, 2.45) is 0 Å². The smallest absolute Gasteiger partial charge is 0.395 e. The van der Waals surface area contributed by atoms with Crippen molar-refractivity contribution < 1.29 is 23.1 Å². The third-order valence-electron chi connectivity index (χ3n) is 7.52. The van der Waals surface area contributed by atoms with Crippen molar-refractivity contribution in [3.8, 4) is 16.9 Å². The predicted octanol–water partition coefficient (Wildman–Crippen LogP) is 4.48. The number of alkyl halides is 3. The van der Waals surface area contributed by atoms with Crippen molar-refractivity contribution >= 4 is 21.8 Å². The molecule has 1 atom stereocenters. The highest BCUT2D eigenvalue weighted by atomic mass is 79.9. The van der Waals surface area contributed by atoms with E-state index in [9.17, 15) is 23.1 Å². The molecule has 1 aromatic carbocycles. The largest absolute Gasteiger partial charge is 0.417 e. The molecule has 1 N–H and O–H groups in total. The Morgan fingerprint density at radius 2 is 1.84 bits per heavy atom. The Kier molecular flexibility index (Phi) is 7.56. The van der Waals surface area contributed by atoms with Gasteiger partial charge in [0.2, 0.25) is 0 Å². The fourth-order valence-electron chi connectivity index (χ4n) is 5.59. The quantitative estimate of drug-likeness (QED) is 0.470. The summed E-state index contributed by atoms with van der Waals surface area (Å²) in [5.41, 5.74) is 0.955. The number of hydrogen-bond donors (Lipinski definition) is 1. The van der Waals surface area contributed by atoms with Gasteiger partial charge < -0.3 is 10.0 Å². The van der Waals surface area contributed by atoms with Crippen LogP contribution in [-0.4, -0.2) is 78.9 Å². The molecule has 0 spiro atoms. The van der Waals surface area contributed by atoms with Crippen LogP contribution in [0.3, 0.4) is 0 Å². The van der Waals surface area contributed by atoms with Gasteiger partial charge >= 0.3 is 6.18 Å². The first-order valence-electron chi connectivity index (χ1n) is 12.6. The summed E-state index contributed by atoms with van der Waals surface area (Å²) in [6, 6.07) is 4.36. The zero-order valence-corrected chi connectivity index (χ0v) is 22.4. The van der Waals surface area contributed by atoms with Gasteiger partial charge in [-0.3, -0.25) is 9.69 Å². The number of aliphatic hydroxyl groups excluding tert-OH is 1. The second kappa shape index (κ2) is 10.7. The molecule has 5 rings (SSSR count).